The topological polar surface area (TPSA) is 72.8 Å². The summed E-state index contributed by atoms with van der Waals surface area (Å²) >= 11 is 0. The van der Waals surface area contributed by atoms with E-state index in [0.717, 1.165) is 0 Å². The van der Waals surface area contributed by atoms with Gasteiger partial charge in [-0.2, -0.15) is 0 Å². The first kappa shape index (κ1) is 16.9. The Morgan fingerprint density at radius 1 is 1.06 bits per heavy atom. The van der Waals surface area contributed by atoms with Gasteiger partial charge in [0.2, 0.25) is 0 Å². The van der Waals surface area contributed by atoms with E-state index in [2.05, 4.69) is 0 Å². The molecule has 0 spiro atoms. The van der Waals surface area contributed by atoms with Crippen molar-refractivity contribution < 1.29 is 24.2 Å². The van der Waals surface area contributed by atoms with Gasteiger partial charge in [-0.3, -0.25) is 9.59 Å². The lowest BCUT2D eigenvalue weighted by molar-refractivity contribution is -0.175. The molecular weight excluding hydrogens is 236 g/mol. The fraction of sp³-hybridized carbons (Fsp3) is 0.846. The van der Waals surface area contributed by atoms with Crippen LogP contribution in [0.15, 0.2) is 0 Å². The zero-order valence-electron chi connectivity index (χ0n) is 11.7. The number of carbonyl (C=O) groups excluding carboxylic acids is 2. The molecule has 0 aliphatic carbocycles. The highest BCUT2D eigenvalue weighted by atomic mass is 16.6. The van der Waals surface area contributed by atoms with Gasteiger partial charge in [0.05, 0.1) is 18.8 Å². The number of ether oxygens (including phenoxy) is 2. The minimum Gasteiger partial charge on any atom is -0.465 e. The lowest BCUT2D eigenvalue weighted by atomic mass is 9.81. The third-order valence-electron chi connectivity index (χ3n) is 2.88. The minimum atomic E-state index is -1.40. The number of aliphatic hydroxyl groups is 1. The second kappa shape index (κ2) is 8.08. The third kappa shape index (κ3) is 4.29. The van der Waals surface area contributed by atoms with E-state index in [0.29, 0.717) is 19.3 Å². The first-order chi connectivity index (χ1) is 8.46. The lowest BCUT2D eigenvalue weighted by Crippen LogP contribution is -2.48. The molecule has 0 aromatic carbocycles. The van der Waals surface area contributed by atoms with Gasteiger partial charge in [-0.15, -0.1) is 0 Å². The normalized spacial score (nSPS) is 14.1. The van der Waals surface area contributed by atoms with Crippen molar-refractivity contribution in [1.29, 1.82) is 0 Å². The fourth-order valence-corrected chi connectivity index (χ4v) is 1.94. The number of hydrogen-bond donors (Lipinski definition) is 1. The van der Waals surface area contributed by atoms with Crippen molar-refractivity contribution in [2.24, 2.45) is 5.92 Å². The Labute approximate surface area is 108 Å². The van der Waals surface area contributed by atoms with Crippen LogP contribution in [-0.2, 0) is 19.1 Å². The molecule has 0 aliphatic rings. The first-order valence-electron chi connectivity index (χ1n) is 6.52. The summed E-state index contributed by atoms with van der Waals surface area (Å²) in [6, 6.07) is 0. The zero-order chi connectivity index (χ0) is 14.2. The van der Waals surface area contributed by atoms with Gasteiger partial charge in [-0.05, 0) is 26.7 Å². The van der Waals surface area contributed by atoms with E-state index in [1.54, 1.807) is 20.8 Å². The summed E-state index contributed by atoms with van der Waals surface area (Å²) in [5, 5.41) is 10.5. The molecule has 0 saturated carbocycles. The molecule has 0 radical (unpaired) electrons. The molecule has 0 amide bonds. The maximum atomic E-state index is 11.9. The minimum absolute atomic E-state index is 0.167. The van der Waals surface area contributed by atoms with Gasteiger partial charge in [-0.1, -0.05) is 20.3 Å². The van der Waals surface area contributed by atoms with Crippen LogP contribution in [0.25, 0.3) is 0 Å². The van der Waals surface area contributed by atoms with Crippen LogP contribution in [0.5, 0.6) is 0 Å². The molecule has 1 unspecified atom stereocenters. The standard InChI is InChI=1S/C13H24O5/c1-5-9-13(16,6-2)10(11(14)17-7-3)12(15)18-8-4/h10,16H,5-9H2,1-4H3. The molecule has 0 aromatic rings. The number of rotatable bonds is 8. The van der Waals surface area contributed by atoms with Crippen molar-refractivity contribution in [2.75, 3.05) is 13.2 Å². The summed E-state index contributed by atoms with van der Waals surface area (Å²) in [7, 11) is 0. The van der Waals surface area contributed by atoms with Gasteiger partial charge in [0.1, 0.15) is 0 Å². The van der Waals surface area contributed by atoms with Gasteiger partial charge in [0.25, 0.3) is 0 Å². The fourth-order valence-electron chi connectivity index (χ4n) is 1.94. The quantitative estimate of drug-likeness (QED) is 0.531. The molecule has 0 bridgehead atoms. The van der Waals surface area contributed by atoms with Crippen molar-refractivity contribution in [2.45, 2.75) is 52.6 Å². The second-order valence-corrected chi connectivity index (χ2v) is 4.14. The molecule has 5 nitrogen and oxygen atoms in total. The van der Waals surface area contributed by atoms with Crippen molar-refractivity contribution in [3.05, 3.63) is 0 Å². The average molecular weight is 260 g/mol. The van der Waals surface area contributed by atoms with E-state index in [-0.39, 0.29) is 13.2 Å². The molecule has 0 saturated heterocycles. The van der Waals surface area contributed by atoms with Crippen molar-refractivity contribution >= 4 is 11.9 Å². The van der Waals surface area contributed by atoms with E-state index in [4.69, 9.17) is 9.47 Å². The average Bonchev–Trinajstić information content (AvgIpc) is 2.30. The van der Waals surface area contributed by atoms with E-state index >= 15 is 0 Å². The predicted octanol–water partition coefficient (Wildman–Crippen LogP) is 1.67. The Morgan fingerprint density at radius 3 is 1.78 bits per heavy atom. The highest BCUT2D eigenvalue weighted by molar-refractivity contribution is 5.96. The zero-order valence-corrected chi connectivity index (χ0v) is 11.7. The Hall–Kier alpha value is -1.10. The SMILES string of the molecule is CCCC(O)(CC)C(C(=O)OCC)C(=O)OCC. The van der Waals surface area contributed by atoms with E-state index < -0.39 is 23.5 Å². The highest BCUT2D eigenvalue weighted by Gasteiger charge is 2.46. The predicted molar refractivity (Wildman–Crippen MR) is 66.9 cm³/mol. The highest BCUT2D eigenvalue weighted by Crippen LogP contribution is 2.29. The van der Waals surface area contributed by atoms with E-state index in [1.165, 1.54) is 0 Å². The smallest absolute Gasteiger partial charge is 0.323 e. The van der Waals surface area contributed by atoms with Crippen LogP contribution < -0.4 is 0 Å². The van der Waals surface area contributed by atoms with Gasteiger partial charge in [0, 0.05) is 0 Å². The van der Waals surface area contributed by atoms with Crippen LogP contribution >= 0.6 is 0 Å². The monoisotopic (exact) mass is 260 g/mol. The summed E-state index contributed by atoms with van der Waals surface area (Å²) in [6.07, 6.45) is 1.31. The summed E-state index contributed by atoms with van der Waals surface area (Å²) in [4.78, 5) is 23.7. The largest absolute Gasteiger partial charge is 0.465 e. The van der Waals surface area contributed by atoms with Crippen LogP contribution in [0, 0.1) is 5.92 Å². The Kier molecular flexibility index (Phi) is 7.59. The molecule has 5 heteroatoms. The van der Waals surface area contributed by atoms with Crippen molar-refractivity contribution in [3.8, 4) is 0 Å². The molecule has 1 atom stereocenters. The Balaban J connectivity index is 5.16. The molecule has 0 heterocycles. The maximum Gasteiger partial charge on any atom is 0.323 e. The van der Waals surface area contributed by atoms with Crippen LogP contribution in [-0.4, -0.2) is 35.9 Å². The Bertz CT molecular complexity index is 259. The second-order valence-electron chi connectivity index (χ2n) is 4.14. The van der Waals surface area contributed by atoms with E-state index in [9.17, 15) is 14.7 Å². The Morgan fingerprint density at radius 2 is 1.50 bits per heavy atom. The van der Waals surface area contributed by atoms with Crippen LogP contribution in [0.3, 0.4) is 0 Å². The molecule has 106 valence electrons. The van der Waals surface area contributed by atoms with Gasteiger partial charge < -0.3 is 14.6 Å². The number of carbonyl (C=O) groups is 2. The molecular formula is C13H24O5. The van der Waals surface area contributed by atoms with Crippen LogP contribution in [0.2, 0.25) is 0 Å². The molecule has 0 rings (SSSR count). The summed E-state index contributed by atoms with van der Waals surface area (Å²) < 4.78 is 9.73. The van der Waals surface area contributed by atoms with Gasteiger partial charge in [0.15, 0.2) is 5.92 Å². The van der Waals surface area contributed by atoms with E-state index in [1.807, 2.05) is 6.92 Å². The van der Waals surface area contributed by atoms with Gasteiger partial charge in [-0.25, -0.2) is 0 Å². The molecule has 0 aromatic heterocycles. The van der Waals surface area contributed by atoms with Gasteiger partial charge >= 0.3 is 11.9 Å². The van der Waals surface area contributed by atoms with Crippen LogP contribution in [0.4, 0.5) is 0 Å². The number of hydrogen-bond acceptors (Lipinski definition) is 5. The maximum absolute atomic E-state index is 11.9. The number of esters is 2. The molecule has 18 heavy (non-hydrogen) atoms. The molecule has 0 fully saturated rings. The molecule has 1 N–H and O–H groups in total. The third-order valence-corrected chi connectivity index (χ3v) is 2.88. The lowest BCUT2D eigenvalue weighted by Gasteiger charge is -2.32. The summed E-state index contributed by atoms with van der Waals surface area (Å²) in [5.41, 5.74) is -1.40. The first-order valence-corrected chi connectivity index (χ1v) is 6.52. The summed E-state index contributed by atoms with van der Waals surface area (Å²) in [5.74, 6) is -2.69. The van der Waals surface area contributed by atoms with Crippen molar-refractivity contribution in [1.82, 2.24) is 0 Å². The van der Waals surface area contributed by atoms with Crippen LogP contribution in [0.1, 0.15) is 47.0 Å². The van der Waals surface area contributed by atoms with Crippen molar-refractivity contribution in [3.63, 3.8) is 0 Å². The summed E-state index contributed by atoms with van der Waals surface area (Å²) in [6.45, 7) is 7.27. The molecule has 0 aliphatic heterocycles.